The van der Waals surface area contributed by atoms with Gasteiger partial charge in [-0.05, 0) is 38.2 Å². The van der Waals surface area contributed by atoms with Crippen LogP contribution in [0, 0.1) is 0 Å². The highest BCUT2D eigenvalue weighted by molar-refractivity contribution is 8.08. The predicted molar refractivity (Wildman–Crippen MR) is 125 cm³/mol. The van der Waals surface area contributed by atoms with Gasteiger partial charge in [-0.3, -0.25) is 19.1 Å². The highest BCUT2D eigenvalue weighted by Gasteiger charge is 2.37. The second kappa shape index (κ2) is 7.75. The molecule has 1 aromatic carbocycles. The number of hydrogen-bond acceptors (Lipinski definition) is 7. The molecule has 0 radical (unpaired) electrons. The van der Waals surface area contributed by atoms with Crippen LogP contribution in [-0.4, -0.2) is 53.1 Å². The van der Waals surface area contributed by atoms with Crippen molar-refractivity contribution in [1.82, 2.24) is 14.4 Å². The molecule has 10 heteroatoms. The van der Waals surface area contributed by atoms with Crippen molar-refractivity contribution in [3.63, 3.8) is 0 Å². The van der Waals surface area contributed by atoms with E-state index in [0.717, 1.165) is 21.4 Å². The summed E-state index contributed by atoms with van der Waals surface area (Å²) >= 11 is 8.33. The number of ether oxygens (including phenoxy) is 1. The van der Waals surface area contributed by atoms with E-state index in [2.05, 4.69) is 0 Å². The van der Waals surface area contributed by atoms with E-state index in [4.69, 9.17) is 17.0 Å². The van der Waals surface area contributed by atoms with Crippen molar-refractivity contribution in [2.45, 2.75) is 25.3 Å². The fourth-order valence-corrected chi connectivity index (χ4v) is 6.48. The fourth-order valence-electron chi connectivity index (χ4n) is 3.61. The summed E-state index contributed by atoms with van der Waals surface area (Å²) in [7, 11) is 5.35. The van der Waals surface area contributed by atoms with Crippen molar-refractivity contribution >= 4 is 62.7 Å². The molecule has 1 saturated heterocycles. The second-order valence-corrected chi connectivity index (χ2v) is 9.22. The van der Waals surface area contributed by atoms with E-state index in [1.807, 2.05) is 44.0 Å². The largest absolute Gasteiger partial charge is 0.497 e. The summed E-state index contributed by atoms with van der Waals surface area (Å²) in [6, 6.07) is 5.87. The summed E-state index contributed by atoms with van der Waals surface area (Å²) < 4.78 is 8.26. The first-order chi connectivity index (χ1) is 14.3. The number of anilines is 1. The molecule has 0 unspecified atom stereocenters. The van der Waals surface area contributed by atoms with Crippen LogP contribution < -0.4 is 24.4 Å². The lowest BCUT2D eigenvalue weighted by atomic mass is 10.3. The van der Waals surface area contributed by atoms with Gasteiger partial charge in [-0.15, -0.1) is 11.3 Å². The minimum atomic E-state index is -0.162. The van der Waals surface area contributed by atoms with Gasteiger partial charge in [0.05, 0.1) is 12.8 Å². The average Bonchev–Trinajstić information content (AvgIpc) is 3.31. The van der Waals surface area contributed by atoms with Gasteiger partial charge >= 0.3 is 0 Å². The van der Waals surface area contributed by atoms with Crippen LogP contribution in [0.1, 0.15) is 13.8 Å². The summed E-state index contributed by atoms with van der Waals surface area (Å²) in [6.45, 7) is 4.76. The molecule has 158 valence electrons. The number of hydrogen-bond donors (Lipinski definition) is 0. The van der Waals surface area contributed by atoms with Crippen LogP contribution in [0.3, 0.4) is 0 Å². The zero-order valence-corrected chi connectivity index (χ0v) is 19.8. The summed E-state index contributed by atoms with van der Waals surface area (Å²) in [5.74, 6) is 0.604. The highest BCUT2D eigenvalue weighted by atomic mass is 32.2. The standard InChI is InChI=1S/C20H22N4O3S3/c1-6-23-17(26)15(19-21(3)12-10-11(27-5)8-9-13(12)29-19)30-18(23)14-16(25)24(7-2)20(28)22(14)4/h8-10H,6-7H2,1-5H3. The van der Waals surface area contributed by atoms with E-state index >= 15 is 0 Å². The van der Waals surface area contributed by atoms with Gasteiger partial charge in [0.2, 0.25) is 0 Å². The summed E-state index contributed by atoms with van der Waals surface area (Å²) in [5, 5.41) is 1.31. The van der Waals surface area contributed by atoms with E-state index in [1.54, 1.807) is 40.3 Å². The van der Waals surface area contributed by atoms with Crippen LogP contribution in [0.2, 0.25) is 0 Å². The molecule has 1 aromatic heterocycles. The first-order valence-electron chi connectivity index (χ1n) is 9.51. The Balaban J connectivity index is 1.98. The number of likely N-dealkylation sites (N-methyl/N-ethyl adjacent to an activating group) is 2. The Labute approximate surface area is 187 Å². The molecule has 0 spiro atoms. The van der Waals surface area contributed by atoms with Crippen LogP contribution in [0.25, 0.3) is 10.7 Å². The normalized spacial score (nSPS) is 19.8. The lowest BCUT2D eigenvalue weighted by Gasteiger charge is -2.13. The topological polar surface area (TPSA) is 58.0 Å². The number of aromatic nitrogens is 1. The van der Waals surface area contributed by atoms with E-state index in [-0.39, 0.29) is 11.5 Å². The van der Waals surface area contributed by atoms with Gasteiger partial charge in [0.1, 0.15) is 25.7 Å². The molecule has 0 bridgehead atoms. The van der Waals surface area contributed by atoms with Gasteiger partial charge in [0.15, 0.2) is 5.11 Å². The Hall–Kier alpha value is -2.30. The number of carbonyl (C=O) groups is 1. The maximum absolute atomic E-state index is 13.3. The monoisotopic (exact) mass is 462 g/mol. The molecular weight excluding hydrogens is 440 g/mol. The number of amides is 1. The molecule has 2 aliphatic rings. The average molecular weight is 463 g/mol. The van der Waals surface area contributed by atoms with Crippen molar-refractivity contribution < 1.29 is 9.53 Å². The third-order valence-corrected chi connectivity index (χ3v) is 8.29. The first kappa shape index (κ1) is 21.0. The maximum Gasteiger partial charge on any atom is 0.279 e. The molecule has 3 heterocycles. The Morgan fingerprint density at radius 3 is 2.43 bits per heavy atom. The number of thiazole rings is 1. The van der Waals surface area contributed by atoms with E-state index < -0.39 is 0 Å². The molecule has 0 N–H and O–H groups in total. The molecule has 4 rings (SSSR count). The molecule has 0 atom stereocenters. The molecule has 0 aliphatic carbocycles. The number of methoxy groups -OCH3 is 1. The van der Waals surface area contributed by atoms with Crippen molar-refractivity contribution in [3.05, 3.63) is 37.7 Å². The van der Waals surface area contributed by atoms with E-state index in [0.29, 0.717) is 33.1 Å². The lowest BCUT2D eigenvalue weighted by molar-refractivity contribution is -0.120. The van der Waals surface area contributed by atoms with Crippen molar-refractivity contribution in [2.75, 3.05) is 32.6 Å². The van der Waals surface area contributed by atoms with Gasteiger partial charge in [-0.1, -0.05) is 11.8 Å². The summed E-state index contributed by atoms with van der Waals surface area (Å²) in [6.07, 6.45) is 0. The molecule has 7 nitrogen and oxygen atoms in total. The lowest BCUT2D eigenvalue weighted by Crippen LogP contribution is -2.35. The van der Waals surface area contributed by atoms with E-state index in [1.165, 1.54) is 11.3 Å². The number of thiocarbonyl (C=S) groups is 1. The molecule has 2 aliphatic heterocycles. The smallest absolute Gasteiger partial charge is 0.279 e. The molecule has 1 amide bonds. The van der Waals surface area contributed by atoms with Crippen LogP contribution in [0.5, 0.6) is 5.75 Å². The molecule has 30 heavy (non-hydrogen) atoms. The van der Waals surface area contributed by atoms with Gasteiger partial charge in [0, 0.05) is 38.1 Å². The minimum Gasteiger partial charge on any atom is -0.497 e. The maximum atomic E-state index is 13.3. The van der Waals surface area contributed by atoms with Crippen LogP contribution >= 0.6 is 35.3 Å². The Morgan fingerprint density at radius 2 is 1.83 bits per heavy atom. The van der Waals surface area contributed by atoms with Crippen molar-refractivity contribution in [2.24, 2.45) is 0 Å². The molecular formula is C20H22N4O3S3. The van der Waals surface area contributed by atoms with Crippen molar-refractivity contribution in [1.29, 1.82) is 0 Å². The number of fused-ring (bicyclic) bond motifs is 1. The Morgan fingerprint density at radius 1 is 1.10 bits per heavy atom. The molecule has 2 aromatic rings. The number of benzene rings is 1. The third-order valence-electron chi connectivity index (χ3n) is 5.25. The van der Waals surface area contributed by atoms with Crippen LogP contribution in [0.15, 0.2) is 27.9 Å². The predicted octanol–water partition coefficient (Wildman–Crippen LogP) is 1.43. The quantitative estimate of drug-likeness (QED) is 0.640. The zero-order chi connectivity index (χ0) is 21.7. The minimum absolute atomic E-state index is 0.0961. The SMILES string of the molecule is CCN1C(=O)C(=c2sc(=C3Sc4ccc(OC)cc4N3C)c(=O)n2CC)N(C)C1=S. The van der Waals surface area contributed by atoms with E-state index in [9.17, 15) is 9.59 Å². The van der Waals surface area contributed by atoms with Gasteiger partial charge < -0.3 is 14.5 Å². The van der Waals surface area contributed by atoms with Crippen molar-refractivity contribution in [3.8, 4) is 5.75 Å². The molecule has 1 fully saturated rings. The zero-order valence-electron chi connectivity index (χ0n) is 17.4. The van der Waals surface area contributed by atoms with Gasteiger partial charge in [-0.25, -0.2) is 0 Å². The number of thioether (sulfide) groups is 1. The molecule has 0 saturated carbocycles. The number of rotatable bonds is 3. The fraction of sp³-hybridized carbons (Fsp3) is 0.350. The van der Waals surface area contributed by atoms with Crippen LogP contribution in [0.4, 0.5) is 5.69 Å². The van der Waals surface area contributed by atoms with Gasteiger partial charge in [0.25, 0.3) is 11.5 Å². The summed E-state index contributed by atoms with van der Waals surface area (Å²) in [5.41, 5.74) is 1.36. The number of nitrogens with zero attached hydrogens (tertiary/aromatic N) is 4. The van der Waals surface area contributed by atoms with Gasteiger partial charge in [-0.2, -0.15) is 0 Å². The third kappa shape index (κ3) is 2.97. The highest BCUT2D eigenvalue weighted by Crippen LogP contribution is 2.46. The number of carbonyl (C=O) groups excluding carboxylic acids is 1. The Bertz CT molecular complexity index is 1250. The second-order valence-electron chi connectivity index (χ2n) is 6.83. The van der Waals surface area contributed by atoms with Crippen LogP contribution in [-0.2, 0) is 11.3 Å². The first-order valence-corrected chi connectivity index (χ1v) is 11.6. The summed E-state index contributed by atoms with van der Waals surface area (Å²) in [4.78, 5) is 32.7. The Kier molecular flexibility index (Phi) is 5.41.